The summed E-state index contributed by atoms with van der Waals surface area (Å²) in [5.74, 6) is -0.459. The fraction of sp³-hybridized carbons (Fsp3) is 0.300. The van der Waals surface area contributed by atoms with E-state index in [9.17, 15) is 9.18 Å². The van der Waals surface area contributed by atoms with E-state index < -0.39 is 0 Å². The second-order valence-electron chi connectivity index (χ2n) is 6.79. The van der Waals surface area contributed by atoms with Gasteiger partial charge in [-0.15, -0.1) is 0 Å². The summed E-state index contributed by atoms with van der Waals surface area (Å²) < 4.78 is 13.1. The van der Waals surface area contributed by atoms with Crippen LogP contribution in [0.4, 0.5) is 4.39 Å². The van der Waals surface area contributed by atoms with Gasteiger partial charge in [-0.25, -0.2) is 9.82 Å². The van der Waals surface area contributed by atoms with E-state index in [1.807, 2.05) is 18.2 Å². The summed E-state index contributed by atoms with van der Waals surface area (Å²) in [5.41, 5.74) is 4.30. The van der Waals surface area contributed by atoms with Gasteiger partial charge in [-0.05, 0) is 23.8 Å². The molecule has 2 aromatic rings. The van der Waals surface area contributed by atoms with Crippen LogP contribution < -0.4 is 15.2 Å². The number of piperazine rings is 1. The second-order valence-corrected chi connectivity index (χ2v) is 7.20. The Morgan fingerprint density at radius 1 is 1.11 bits per heavy atom. The number of hydrogen-bond donors (Lipinski definition) is 3. The van der Waals surface area contributed by atoms with Gasteiger partial charge in [0, 0.05) is 10.6 Å². The van der Waals surface area contributed by atoms with Crippen molar-refractivity contribution in [3.63, 3.8) is 0 Å². The van der Waals surface area contributed by atoms with Crippen LogP contribution in [-0.4, -0.2) is 44.8 Å². The first-order valence-electron chi connectivity index (χ1n) is 9.08. The van der Waals surface area contributed by atoms with Crippen LogP contribution >= 0.6 is 11.6 Å². The van der Waals surface area contributed by atoms with E-state index in [2.05, 4.69) is 16.6 Å². The number of carbonyl (C=O) groups is 1. The SMILES string of the molecule is O=C(C[NH+]1CC[NH+](Cc2ccccc2Cl)CC1)NN=Cc1cccc(F)c1. The standard InChI is InChI=1S/C20H22ClFN4O/c21-19-7-2-1-5-17(19)14-25-8-10-26(11-9-25)15-20(27)24-23-13-16-4-3-6-18(22)12-16/h1-7,12-13H,8-11,14-15H2,(H,24,27)/p+2. The molecule has 0 bridgehead atoms. The summed E-state index contributed by atoms with van der Waals surface area (Å²) in [6, 6.07) is 14.0. The van der Waals surface area contributed by atoms with Crippen molar-refractivity contribution in [3.05, 3.63) is 70.5 Å². The van der Waals surface area contributed by atoms with Crippen LogP contribution in [0, 0.1) is 5.82 Å². The van der Waals surface area contributed by atoms with Crippen LogP contribution in [0.15, 0.2) is 53.6 Å². The number of hydrazone groups is 1. The molecule has 142 valence electrons. The summed E-state index contributed by atoms with van der Waals surface area (Å²) in [4.78, 5) is 14.8. The lowest BCUT2D eigenvalue weighted by Gasteiger charge is -2.29. The Kier molecular flexibility index (Phi) is 6.92. The van der Waals surface area contributed by atoms with Crippen LogP contribution in [0.2, 0.25) is 5.02 Å². The lowest BCUT2D eigenvalue weighted by Crippen LogP contribution is -3.28. The second kappa shape index (κ2) is 9.60. The maximum Gasteiger partial charge on any atom is 0.295 e. The largest absolute Gasteiger partial charge is 0.322 e. The maximum absolute atomic E-state index is 13.1. The number of rotatable bonds is 6. The van der Waals surface area contributed by atoms with Gasteiger partial charge in [-0.3, -0.25) is 4.79 Å². The zero-order valence-electron chi connectivity index (χ0n) is 15.1. The van der Waals surface area contributed by atoms with E-state index in [4.69, 9.17) is 11.6 Å². The van der Waals surface area contributed by atoms with Gasteiger partial charge in [0.2, 0.25) is 0 Å². The van der Waals surface area contributed by atoms with Gasteiger partial charge >= 0.3 is 0 Å². The molecule has 0 spiro atoms. The van der Waals surface area contributed by atoms with E-state index in [0.29, 0.717) is 12.1 Å². The van der Waals surface area contributed by atoms with Gasteiger partial charge in [0.15, 0.2) is 6.54 Å². The van der Waals surface area contributed by atoms with Crippen LogP contribution in [0.1, 0.15) is 11.1 Å². The molecule has 0 aromatic heterocycles. The van der Waals surface area contributed by atoms with E-state index in [1.54, 1.807) is 12.1 Å². The van der Waals surface area contributed by atoms with Crippen molar-refractivity contribution >= 4 is 23.7 Å². The fourth-order valence-corrected chi connectivity index (χ4v) is 3.46. The van der Waals surface area contributed by atoms with Crippen molar-refractivity contribution in [2.24, 2.45) is 5.10 Å². The quantitative estimate of drug-likeness (QED) is 0.469. The molecule has 27 heavy (non-hydrogen) atoms. The molecule has 0 saturated carbocycles. The van der Waals surface area contributed by atoms with E-state index in [-0.39, 0.29) is 11.7 Å². The first-order valence-corrected chi connectivity index (χ1v) is 9.46. The number of halogens is 2. The number of carbonyl (C=O) groups excluding carboxylic acids is 1. The predicted molar refractivity (Wildman–Crippen MR) is 104 cm³/mol. The normalized spacial score (nSPS) is 19.9. The Morgan fingerprint density at radius 2 is 1.85 bits per heavy atom. The Hall–Kier alpha value is -2.28. The first kappa shape index (κ1) is 19.5. The number of quaternary nitrogens is 2. The van der Waals surface area contributed by atoms with Crippen LogP contribution in [-0.2, 0) is 11.3 Å². The van der Waals surface area contributed by atoms with Crippen molar-refractivity contribution in [1.29, 1.82) is 0 Å². The molecular formula is C20H24ClFN4O+2. The smallest absolute Gasteiger partial charge is 0.295 e. The van der Waals surface area contributed by atoms with Crippen molar-refractivity contribution < 1.29 is 19.0 Å². The van der Waals surface area contributed by atoms with Crippen molar-refractivity contribution in [2.75, 3.05) is 32.7 Å². The topological polar surface area (TPSA) is 50.3 Å². The van der Waals surface area contributed by atoms with Crippen LogP contribution in [0.25, 0.3) is 0 Å². The minimum absolute atomic E-state index is 0.132. The highest BCUT2D eigenvalue weighted by Gasteiger charge is 2.25. The number of hydrogen-bond acceptors (Lipinski definition) is 2. The molecule has 0 aliphatic carbocycles. The van der Waals surface area contributed by atoms with Gasteiger partial charge < -0.3 is 9.80 Å². The van der Waals surface area contributed by atoms with Gasteiger partial charge in [-0.1, -0.05) is 41.9 Å². The number of amides is 1. The molecule has 3 N–H and O–H groups in total. The molecule has 1 amide bonds. The third kappa shape index (κ3) is 6.13. The fourth-order valence-electron chi connectivity index (χ4n) is 3.25. The summed E-state index contributed by atoms with van der Waals surface area (Å²) in [6.07, 6.45) is 1.45. The Morgan fingerprint density at radius 3 is 2.59 bits per heavy atom. The van der Waals surface area contributed by atoms with Gasteiger partial charge in [-0.2, -0.15) is 5.10 Å². The summed E-state index contributed by atoms with van der Waals surface area (Å²) >= 11 is 6.24. The lowest BCUT2D eigenvalue weighted by atomic mass is 10.2. The highest BCUT2D eigenvalue weighted by Crippen LogP contribution is 2.13. The average molecular weight is 391 g/mol. The molecule has 1 saturated heterocycles. The van der Waals surface area contributed by atoms with E-state index >= 15 is 0 Å². The third-order valence-electron chi connectivity index (χ3n) is 4.72. The van der Waals surface area contributed by atoms with Gasteiger partial charge in [0.25, 0.3) is 5.91 Å². The summed E-state index contributed by atoms with van der Waals surface area (Å²) in [7, 11) is 0. The van der Waals surface area contributed by atoms with Crippen LogP contribution in [0.5, 0.6) is 0 Å². The summed E-state index contributed by atoms with van der Waals surface area (Å²) in [6.45, 7) is 5.17. The first-order chi connectivity index (χ1) is 13.1. The molecule has 0 radical (unpaired) electrons. The molecule has 7 heteroatoms. The number of benzene rings is 2. The molecule has 5 nitrogen and oxygen atoms in total. The minimum atomic E-state index is -0.327. The molecule has 1 aliphatic heterocycles. The molecule has 0 atom stereocenters. The number of nitrogens with zero attached hydrogens (tertiary/aromatic N) is 1. The summed E-state index contributed by atoms with van der Waals surface area (Å²) in [5, 5.41) is 4.72. The minimum Gasteiger partial charge on any atom is -0.322 e. The monoisotopic (exact) mass is 390 g/mol. The molecule has 1 heterocycles. The average Bonchev–Trinajstić information content (AvgIpc) is 2.65. The van der Waals surface area contributed by atoms with E-state index in [1.165, 1.54) is 33.7 Å². The molecule has 3 rings (SSSR count). The van der Waals surface area contributed by atoms with Crippen molar-refractivity contribution in [1.82, 2.24) is 5.43 Å². The van der Waals surface area contributed by atoms with Gasteiger partial charge in [0.1, 0.15) is 38.5 Å². The predicted octanol–water partition coefficient (Wildman–Crippen LogP) is -0.0872. The molecule has 1 aliphatic rings. The lowest BCUT2D eigenvalue weighted by molar-refractivity contribution is -1.02. The zero-order chi connectivity index (χ0) is 19.1. The maximum atomic E-state index is 13.1. The molecule has 2 aromatic carbocycles. The highest BCUT2D eigenvalue weighted by molar-refractivity contribution is 6.31. The molecule has 1 fully saturated rings. The van der Waals surface area contributed by atoms with Gasteiger partial charge in [0.05, 0.1) is 6.21 Å². The Labute approximate surface area is 163 Å². The third-order valence-corrected chi connectivity index (χ3v) is 5.09. The molecular weight excluding hydrogens is 367 g/mol. The Balaban J connectivity index is 1.39. The number of nitrogens with one attached hydrogen (secondary N) is 3. The Bertz CT molecular complexity index is 806. The van der Waals surface area contributed by atoms with Crippen molar-refractivity contribution in [2.45, 2.75) is 6.54 Å². The highest BCUT2D eigenvalue weighted by atomic mass is 35.5. The van der Waals surface area contributed by atoms with Crippen LogP contribution in [0.3, 0.4) is 0 Å². The molecule has 0 unspecified atom stereocenters. The van der Waals surface area contributed by atoms with E-state index in [0.717, 1.165) is 37.7 Å². The van der Waals surface area contributed by atoms with Crippen molar-refractivity contribution in [3.8, 4) is 0 Å². The zero-order valence-corrected chi connectivity index (χ0v) is 15.8.